The van der Waals surface area contributed by atoms with Crippen LogP contribution in [0.3, 0.4) is 0 Å². The molecule has 0 heteroatoms. The van der Waals surface area contributed by atoms with Crippen LogP contribution < -0.4 is 0 Å². The van der Waals surface area contributed by atoms with Crippen LogP contribution in [-0.4, -0.2) is 0 Å². The summed E-state index contributed by atoms with van der Waals surface area (Å²) < 4.78 is 0. The van der Waals surface area contributed by atoms with Gasteiger partial charge in [-0.15, -0.1) is 0 Å². The quantitative estimate of drug-likeness (QED) is 0.269. The van der Waals surface area contributed by atoms with E-state index in [1.165, 1.54) is 84.7 Å². The van der Waals surface area contributed by atoms with Crippen LogP contribution in [0.25, 0.3) is 0 Å². The molecule has 0 radical (unpaired) electrons. The van der Waals surface area contributed by atoms with Gasteiger partial charge in [0.1, 0.15) is 0 Å². The second kappa shape index (κ2) is 12.3. The van der Waals surface area contributed by atoms with Gasteiger partial charge in [0.25, 0.3) is 0 Å². The summed E-state index contributed by atoms with van der Waals surface area (Å²) in [5, 5.41) is 0. The standard InChI is InChI=1S/C42H58/c1-9-33-29-38(42(8)24-22-41(7,23-25-42)37-19-14-30(2)15-20-37)21-18-34(33)26-32-17-16-31(3)36(27-32)28-35-12-10-11-13-39(35)40(4,5)6/h10-13,16-18,21,27,29-30,37H,9,14-15,19-20,22-26,28H2,1-8H3. The number of benzene rings is 3. The molecule has 0 spiro atoms. The average molecular weight is 563 g/mol. The van der Waals surface area contributed by atoms with Crippen LogP contribution in [0.5, 0.6) is 0 Å². The summed E-state index contributed by atoms with van der Waals surface area (Å²) in [4.78, 5) is 0. The van der Waals surface area contributed by atoms with Crippen molar-refractivity contribution in [3.63, 3.8) is 0 Å². The van der Waals surface area contributed by atoms with Crippen molar-refractivity contribution >= 4 is 0 Å². The molecule has 0 aliphatic heterocycles. The summed E-state index contributed by atoms with van der Waals surface area (Å²) >= 11 is 0. The molecule has 0 atom stereocenters. The van der Waals surface area contributed by atoms with Gasteiger partial charge in [0, 0.05) is 0 Å². The molecule has 2 fully saturated rings. The Kier molecular flexibility index (Phi) is 9.14. The van der Waals surface area contributed by atoms with Crippen molar-refractivity contribution in [1.82, 2.24) is 0 Å². The Bertz CT molecular complexity index is 1350. The second-order valence-electron chi connectivity index (χ2n) is 16.0. The largest absolute Gasteiger partial charge is 0.0625 e. The summed E-state index contributed by atoms with van der Waals surface area (Å²) in [5.41, 5.74) is 12.9. The van der Waals surface area contributed by atoms with E-state index < -0.39 is 0 Å². The fraction of sp³-hybridized carbons (Fsp3) is 0.571. The highest BCUT2D eigenvalue weighted by atomic mass is 14.5. The molecule has 0 N–H and O–H groups in total. The monoisotopic (exact) mass is 562 g/mol. The Balaban J connectivity index is 1.31. The smallest absolute Gasteiger partial charge is 0.00201 e. The normalized spacial score (nSPS) is 26.8. The molecule has 0 aromatic heterocycles. The molecule has 3 aromatic rings. The maximum absolute atomic E-state index is 2.63. The van der Waals surface area contributed by atoms with Gasteiger partial charge in [-0.05, 0) is 137 Å². The zero-order chi connectivity index (χ0) is 30.1. The van der Waals surface area contributed by atoms with E-state index in [0.29, 0.717) is 10.8 Å². The predicted molar refractivity (Wildman–Crippen MR) is 183 cm³/mol. The number of hydrogen-bond donors (Lipinski definition) is 0. The maximum Gasteiger partial charge on any atom is -0.00201 e. The number of hydrogen-bond acceptors (Lipinski definition) is 0. The molecule has 226 valence electrons. The lowest BCUT2D eigenvalue weighted by Crippen LogP contribution is -2.39. The van der Waals surface area contributed by atoms with Crippen LogP contribution in [0.2, 0.25) is 0 Å². The zero-order valence-electron chi connectivity index (χ0n) is 28.2. The van der Waals surface area contributed by atoms with E-state index in [4.69, 9.17) is 0 Å². The molecule has 3 aromatic carbocycles. The molecule has 0 nitrogen and oxygen atoms in total. The van der Waals surface area contributed by atoms with Gasteiger partial charge in [-0.3, -0.25) is 0 Å². The van der Waals surface area contributed by atoms with Gasteiger partial charge in [-0.1, -0.05) is 122 Å². The van der Waals surface area contributed by atoms with E-state index in [1.54, 1.807) is 11.1 Å². The molecule has 42 heavy (non-hydrogen) atoms. The maximum atomic E-state index is 2.63. The van der Waals surface area contributed by atoms with E-state index in [1.807, 2.05) is 0 Å². The van der Waals surface area contributed by atoms with E-state index in [2.05, 4.69) is 116 Å². The van der Waals surface area contributed by atoms with Crippen molar-refractivity contribution in [3.05, 3.63) is 105 Å². The van der Waals surface area contributed by atoms with Crippen molar-refractivity contribution in [2.24, 2.45) is 17.3 Å². The minimum absolute atomic E-state index is 0.155. The fourth-order valence-corrected chi connectivity index (χ4v) is 8.39. The Morgan fingerprint density at radius 2 is 1.40 bits per heavy atom. The van der Waals surface area contributed by atoms with Crippen LogP contribution >= 0.6 is 0 Å². The van der Waals surface area contributed by atoms with Crippen LogP contribution in [0.1, 0.15) is 144 Å². The highest BCUT2D eigenvalue weighted by molar-refractivity contribution is 5.43. The first-order valence-electron chi connectivity index (χ1n) is 17.2. The van der Waals surface area contributed by atoms with Crippen LogP contribution in [0.4, 0.5) is 0 Å². The zero-order valence-corrected chi connectivity index (χ0v) is 28.2. The van der Waals surface area contributed by atoms with Crippen LogP contribution in [0.15, 0.2) is 60.7 Å². The Labute approximate surface area is 258 Å². The topological polar surface area (TPSA) is 0 Å². The molecule has 2 saturated carbocycles. The van der Waals surface area contributed by atoms with Crippen molar-refractivity contribution in [3.8, 4) is 0 Å². The van der Waals surface area contributed by atoms with E-state index in [-0.39, 0.29) is 5.41 Å². The first kappa shape index (κ1) is 31.1. The molecule has 5 rings (SSSR count). The minimum atomic E-state index is 0.155. The van der Waals surface area contributed by atoms with Crippen molar-refractivity contribution in [1.29, 1.82) is 0 Å². The SMILES string of the molecule is CCc1cc(C2(C)CCC(C)(C3CCC(C)CC3)CC2)ccc1Cc1ccc(C)c(Cc2ccccc2C(C)(C)C)c1. The first-order chi connectivity index (χ1) is 19.9. The molecule has 0 saturated heterocycles. The first-order valence-corrected chi connectivity index (χ1v) is 17.2. The van der Waals surface area contributed by atoms with E-state index >= 15 is 0 Å². The molecular formula is C42H58. The third kappa shape index (κ3) is 6.74. The van der Waals surface area contributed by atoms with E-state index in [9.17, 15) is 0 Å². The Hall–Kier alpha value is -2.34. The molecule has 0 amide bonds. The van der Waals surface area contributed by atoms with Gasteiger partial charge >= 0.3 is 0 Å². The lowest BCUT2D eigenvalue weighted by Gasteiger charge is -2.49. The average Bonchev–Trinajstić information content (AvgIpc) is 2.97. The van der Waals surface area contributed by atoms with Crippen molar-refractivity contribution in [2.45, 2.75) is 137 Å². The van der Waals surface area contributed by atoms with Crippen molar-refractivity contribution < 1.29 is 0 Å². The fourth-order valence-electron chi connectivity index (χ4n) is 8.39. The van der Waals surface area contributed by atoms with Gasteiger partial charge in [-0.2, -0.15) is 0 Å². The highest BCUT2D eigenvalue weighted by Crippen LogP contribution is 2.53. The lowest BCUT2D eigenvalue weighted by molar-refractivity contribution is 0.0511. The third-order valence-electron chi connectivity index (χ3n) is 11.8. The summed E-state index contributed by atoms with van der Waals surface area (Å²) in [5.74, 6) is 1.90. The van der Waals surface area contributed by atoms with Gasteiger partial charge in [-0.25, -0.2) is 0 Å². The van der Waals surface area contributed by atoms with Gasteiger partial charge < -0.3 is 0 Å². The molecule has 0 unspecified atom stereocenters. The summed E-state index contributed by atoms with van der Waals surface area (Å²) in [6, 6.07) is 23.8. The van der Waals surface area contributed by atoms with E-state index in [0.717, 1.165) is 31.1 Å². The summed E-state index contributed by atoms with van der Waals surface area (Å²) in [7, 11) is 0. The Morgan fingerprint density at radius 1 is 0.714 bits per heavy atom. The minimum Gasteiger partial charge on any atom is -0.0625 e. The molecule has 2 aliphatic carbocycles. The molecular weight excluding hydrogens is 504 g/mol. The van der Waals surface area contributed by atoms with Gasteiger partial charge in [0.2, 0.25) is 0 Å². The third-order valence-corrected chi connectivity index (χ3v) is 11.8. The molecule has 2 aliphatic rings. The second-order valence-corrected chi connectivity index (χ2v) is 16.0. The van der Waals surface area contributed by atoms with Crippen LogP contribution in [-0.2, 0) is 30.1 Å². The Morgan fingerprint density at radius 3 is 2.07 bits per heavy atom. The van der Waals surface area contributed by atoms with Gasteiger partial charge in [0.15, 0.2) is 0 Å². The molecule has 0 bridgehead atoms. The highest BCUT2D eigenvalue weighted by Gasteiger charge is 2.43. The van der Waals surface area contributed by atoms with Crippen molar-refractivity contribution in [2.75, 3.05) is 0 Å². The lowest BCUT2D eigenvalue weighted by atomic mass is 9.56. The van der Waals surface area contributed by atoms with Crippen LogP contribution in [0, 0.1) is 24.2 Å². The number of rotatable bonds is 7. The predicted octanol–water partition coefficient (Wildman–Crippen LogP) is 11.7. The molecule has 0 heterocycles. The van der Waals surface area contributed by atoms with Gasteiger partial charge in [0.05, 0.1) is 0 Å². The summed E-state index contributed by atoms with van der Waals surface area (Å²) in [6.07, 6.45) is 14.4. The number of aryl methyl sites for hydroxylation is 2. The summed E-state index contributed by atoms with van der Waals surface area (Å²) in [6.45, 7) is 19.2.